The Balaban J connectivity index is 1.29. The summed E-state index contributed by atoms with van der Waals surface area (Å²) < 4.78 is 44.8. The Kier molecular flexibility index (Phi) is 6.48. The van der Waals surface area contributed by atoms with E-state index in [0.29, 0.717) is 50.6 Å². The number of carbonyl (C=O) groups excluding carboxylic acids is 1. The van der Waals surface area contributed by atoms with Gasteiger partial charge in [-0.3, -0.25) is 9.69 Å². The summed E-state index contributed by atoms with van der Waals surface area (Å²) in [6.45, 7) is 5.12. The molecule has 2 aliphatic heterocycles. The number of carbonyl (C=O) groups is 1. The first kappa shape index (κ1) is 21.6. The van der Waals surface area contributed by atoms with E-state index in [1.54, 1.807) is 6.07 Å². The standard InChI is InChI=1S/C23H26F3N3O2/c24-23(25,26)19-7-4-8-20(15-19)28-11-9-27(10-12-28)16-21-17-29(13-14-31-21)22(30)18-5-2-1-3-6-18/h1-8,15,21H,9-14,16-17H2. The van der Waals surface area contributed by atoms with E-state index in [9.17, 15) is 18.0 Å². The number of hydrogen-bond acceptors (Lipinski definition) is 4. The van der Waals surface area contributed by atoms with E-state index < -0.39 is 11.7 Å². The van der Waals surface area contributed by atoms with Crippen LogP contribution < -0.4 is 4.90 Å². The van der Waals surface area contributed by atoms with Crippen LogP contribution >= 0.6 is 0 Å². The Labute approximate surface area is 180 Å². The summed E-state index contributed by atoms with van der Waals surface area (Å²) in [5, 5.41) is 0. The number of rotatable bonds is 4. The highest BCUT2D eigenvalue weighted by atomic mass is 19.4. The smallest absolute Gasteiger partial charge is 0.373 e. The number of piperazine rings is 1. The molecule has 1 amide bonds. The molecule has 5 nitrogen and oxygen atoms in total. The predicted molar refractivity (Wildman–Crippen MR) is 112 cm³/mol. The number of benzene rings is 2. The molecule has 2 aliphatic rings. The molecular weight excluding hydrogens is 407 g/mol. The molecule has 2 aromatic carbocycles. The normalized spacial score (nSPS) is 20.7. The van der Waals surface area contributed by atoms with Crippen molar-refractivity contribution in [1.29, 1.82) is 0 Å². The zero-order valence-corrected chi connectivity index (χ0v) is 17.2. The highest BCUT2D eigenvalue weighted by molar-refractivity contribution is 5.94. The largest absolute Gasteiger partial charge is 0.416 e. The Morgan fingerprint density at radius 2 is 1.71 bits per heavy atom. The Morgan fingerprint density at radius 1 is 0.968 bits per heavy atom. The minimum Gasteiger partial charge on any atom is -0.373 e. The van der Waals surface area contributed by atoms with Crippen molar-refractivity contribution in [2.24, 2.45) is 0 Å². The summed E-state index contributed by atoms with van der Waals surface area (Å²) >= 11 is 0. The van der Waals surface area contributed by atoms with E-state index in [1.165, 1.54) is 12.1 Å². The van der Waals surface area contributed by atoms with Gasteiger partial charge >= 0.3 is 6.18 Å². The third kappa shape index (κ3) is 5.37. The fourth-order valence-corrected chi connectivity index (χ4v) is 4.13. The first-order chi connectivity index (χ1) is 14.9. The van der Waals surface area contributed by atoms with E-state index in [2.05, 4.69) is 4.90 Å². The molecule has 31 heavy (non-hydrogen) atoms. The Hall–Kier alpha value is -2.58. The van der Waals surface area contributed by atoms with Gasteiger partial charge in [0.1, 0.15) is 0 Å². The number of alkyl halides is 3. The summed E-state index contributed by atoms with van der Waals surface area (Å²) in [6.07, 6.45) is -4.40. The van der Waals surface area contributed by atoms with Crippen LogP contribution in [0.1, 0.15) is 15.9 Å². The molecule has 0 aromatic heterocycles. The number of anilines is 1. The van der Waals surface area contributed by atoms with Gasteiger partial charge in [0, 0.05) is 57.1 Å². The average molecular weight is 433 g/mol. The maximum Gasteiger partial charge on any atom is 0.416 e. The van der Waals surface area contributed by atoms with Crippen molar-refractivity contribution in [2.45, 2.75) is 12.3 Å². The molecule has 166 valence electrons. The number of halogens is 3. The van der Waals surface area contributed by atoms with Crippen LogP contribution in [-0.4, -0.2) is 74.2 Å². The number of morpholine rings is 1. The van der Waals surface area contributed by atoms with Crippen molar-refractivity contribution < 1.29 is 22.7 Å². The third-order valence-electron chi connectivity index (χ3n) is 5.82. The maximum atomic E-state index is 13.0. The van der Waals surface area contributed by atoms with Gasteiger partial charge in [-0.15, -0.1) is 0 Å². The fourth-order valence-electron chi connectivity index (χ4n) is 4.13. The van der Waals surface area contributed by atoms with Gasteiger partial charge in [-0.2, -0.15) is 13.2 Å². The molecule has 2 aromatic rings. The first-order valence-electron chi connectivity index (χ1n) is 10.5. The second kappa shape index (κ2) is 9.28. The molecule has 8 heteroatoms. The maximum absolute atomic E-state index is 13.0. The summed E-state index contributed by atoms with van der Waals surface area (Å²) in [5.41, 5.74) is 0.659. The fraction of sp³-hybridized carbons (Fsp3) is 0.435. The van der Waals surface area contributed by atoms with Crippen LogP contribution in [0.25, 0.3) is 0 Å². The molecule has 1 unspecified atom stereocenters. The molecule has 1 atom stereocenters. The topological polar surface area (TPSA) is 36.0 Å². The lowest BCUT2D eigenvalue weighted by atomic mass is 10.1. The van der Waals surface area contributed by atoms with Crippen LogP contribution in [-0.2, 0) is 10.9 Å². The predicted octanol–water partition coefficient (Wildman–Crippen LogP) is 3.37. The lowest BCUT2D eigenvalue weighted by molar-refractivity contribution is -0.137. The SMILES string of the molecule is O=C(c1ccccc1)N1CCOC(CN2CCN(c3cccc(C(F)(F)F)c3)CC2)C1. The highest BCUT2D eigenvalue weighted by Gasteiger charge is 2.31. The summed E-state index contributed by atoms with van der Waals surface area (Å²) in [7, 11) is 0. The van der Waals surface area contributed by atoms with Gasteiger partial charge in [0.05, 0.1) is 18.3 Å². The van der Waals surface area contributed by atoms with Gasteiger partial charge in [-0.1, -0.05) is 24.3 Å². The van der Waals surface area contributed by atoms with Crippen LogP contribution in [0.2, 0.25) is 0 Å². The quantitative estimate of drug-likeness (QED) is 0.741. The molecule has 0 aliphatic carbocycles. The van der Waals surface area contributed by atoms with Gasteiger partial charge < -0.3 is 14.5 Å². The van der Waals surface area contributed by atoms with Gasteiger partial charge in [0.25, 0.3) is 5.91 Å². The van der Waals surface area contributed by atoms with Crippen LogP contribution in [0.4, 0.5) is 18.9 Å². The van der Waals surface area contributed by atoms with E-state index in [1.807, 2.05) is 40.1 Å². The van der Waals surface area contributed by atoms with Crippen LogP contribution in [0.5, 0.6) is 0 Å². The number of ether oxygens (including phenoxy) is 1. The molecular formula is C23H26F3N3O2. The summed E-state index contributed by atoms with van der Waals surface area (Å²) in [4.78, 5) is 18.8. The summed E-state index contributed by atoms with van der Waals surface area (Å²) in [6, 6.07) is 14.7. The molecule has 2 fully saturated rings. The minimum atomic E-state index is -4.33. The minimum absolute atomic E-state index is 0.0169. The van der Waals surface area contributed by atoms with Crippen molar-refractivity contribution in [3.63, 3.8) is 0 Å². The second-order valence-corrected chi connectivity index (χ2v) is 7.95. The zero-order chi connectivity index (χ0) is 21.8. The van der Waals surface area contributed by atoms with Crippen molar-refractivity contribution in [3.05, 3.63) is 65.7 Å². The second-order valence-electron chi connectivity index (χ2n) is 7.95. The van der Waals surface area contributed by atoms with Crippen molar-refractivity contribution in [2.75, 3.05) is 57.3 Å². The third-order valence-corrected chi connectivity index (χ3v) is 5.82. The number of nitrogens with zero attached hydrogens (tertiary/aromatic N) is 3. The van der Waals surface area contributed by atoms with Crippen LogP contribution in [0.3, 0.4) is 0 Å². The Morgan fingerprint density at radius 3 is 2.42 bits per heavy atom. The van der Waals surface area contributed by atoms with E-state index in [0.717, 1.165) is 19.2 Å². The van der Waals surface area contributed by atoms with Crippen LogP contribution in [0, 0.1) is 0 Å². The molecule has 0 N–H and O–H groups in total. The lowest BCUT2D eigenvalue weighted by Crippen LogP contribution is -2.53. The van der Waals surface area contributed by atoms with E-state index in [-0.39, 0.29) is 12.0 Å². The molecule has 4 rings (SSSR count). The molecule has 0 spiro atoms. The van der Waals surface area contributed by atoms with Crippen molar-refractivity contribution in [3.8, 4) is 0 Å². The van der Waals surface area contributed by atoms with E-state index in [4.69, 9.17) is 4.74 Å². The number of hydrogen-bond donors (Lipinski definition) is 0. The average Bonchev–Trinajstić information content (AvgIpc) is 2.79. The first-order valence-corrected chi connectivity index (χ1v) is 10.5. The molecule has 2 saturated heterocycles. The summed E-state index contributed by atoms with van der Waals surface area (Å²) in [5.74, 6) is 0.0169. The lowest BCUT2D eigenvalue weighted by Gasteiger charge is -2.40. The van der Waals surface area contributed by atoms with Gasteiger partial charge in [0.2, 0.25) is 0 Å². The monoisotopic (exact) mass is 433 g/mol. The Bertz CT molecular complexity index is 883. The molecule has 2 heterocycles. The molecule has 0 bridgehead atoms. The van der Waals surface area contributed by atoms with Gasteiger partial charge in [0.15, 0.2) is 0 Å². The van der Waals surface area contributed by atoms with Crippen molar-refractivity contribution in [1.82, 2.24) is 9.80 Å². The van der Waals surface area contributed by atoms with Gasteiger partial charge in [-0.25, -0.2) is 0 Å². The van der Waals surface area contributed by atoms with E-state index >= 15 is 0 Å². The highest BCUT2D eigenvalue weighted by Crippen LogP contribution is 2.31. The van der Waals surface area contributed by atoms with Crippen LogP contribution in [0.15, 0.2) is 54.6 Å². The zero-order valence-electron chi connectivity index (χ0n) is 17.2. The molecule has 0 radical (unpaired) electrons. The number of amides is 1. The molecule has 0 saturated carbocycles. The van der Waals surface area contributed by atoms with Gasteiger partial charge in [-0.05, 0) is 30.3 Å². The van der Waals surface area contributed by atoms with Crippen molar-refractivity contribution >= 4 is 11.6 Å².